The number of rotatable bonds is 2. The largest absolute Gasteiger partial charge is 0.310 e. The Balaban J connectivity index is 2.65. The average Bonchev–Trinajstić information content (AvgIpc) is 2.37. The summed E-state index contributed by atoms with van der Waals surface area (Å²) < 4.78 is 0. The van der Waals surface area contributed by atoms with Crippen LogP contribution in [0.5, 0.6) is 0 Å². The second-order valence-electron chi connectivity index (χ2n) is 1.78. The molecule has 0 radical (unpaired) electrons. The summed E-state index contributed by atoms with van der Waals surface area (Å²) in [6, 6.07) is 0.170. The molecule has 0 aliphatic carbocycles. The molecule has 1 rings (SSSR count). The van der Waals surface area contributed by atoms with Crippen LogP contribution in [0.25, 0.3) is 0 Å². The average molecular weight is 127 g/mol. The van der Waals surface area contributed by atoms with Gasteiger partial charge in [-0.2, -0.15) is 5.21 Å². The maximum absolute atomic E-state index is 3.78. The van der Waals surface area contributed by atoms with Crippen molar-refractivity contribution in [3.05, 3.63) is 5.82 Å². The second-order valence-corrected chi connectivity index (χ2v) is 1.78. The van der Waals surface area contributed by atoms with Crippen LogP contribution in [0, 0.1) is 0 Å². The lowest BCUT2D eigenvalue weighted by Gasteiger charge is -2.00. The number of aromatic nitrogens is 4. The molecular weight excluding hydrogens is 118 g/mol. The van der Waals surface area contributed by atoms with Crippen molar-refractivity contribution in [1.82, 2.24) is 25.9 Å². The number of aromatic amines is 1. The molecule has 0 saturated carbocycles. The van der Waals surface area contributed by atoms with Crippen molar-refractivity contribution in [2.75, 3.05) is 7.05 Å². The maximum Gasteiger partial charge on any atom is 0.191 e. The van der Waals surface area contributed by atoms with Crippen LogP contribution in [-0.2, 0) is 0 Å². The highest BCUT2D eigenvalue weighted by molar-refractivity contribution is 4.84. The fourth-order valence-corrected chi connectivity index (χ4v) is 0.482. The van der Waals surface area contributed by atoms with E-state index in [1.807, 2.05) is 14.0 Å². The minimum atomic E-state index is 0.170. The van der Waals surface area contributed by atoms with Crippen LogP contribution >= 0.6 is 0 Å². The highest BCUT2D eigenvalue weighted by atomic mass is 15.5. The van der Waals surface area contributed by atoms with Gasteiger partial charge in [0.05, 0.1) is 6.04 Å². The van der Waals surface area contributed by atoms with Crippen LogP contribution in [0.1, 0.15) is 18.8 Å². The first-order chi connectivity index (χ1) is 4.34. The Bertz CT molecular complexity index is 157. The van der Waals surface area contributed by atoms with Gasteiger partial charge >= 0.3 is 0 Å². The van der Waals surface area contributed by atoms with Crippen molar-refractivity contribution in [2.45, 2.75) is 13.0 Å². The summed E-state index contributed by atoms with van der Waals surface area (Å²) in [6.07, 6.45) is 0. The van der Waals surface area contributed by atoms with E-state index in [-0.39, 0.29) is 6.04 Å². The maximum atomic E-state index is 3.78. The zero-order chi connectivity index (χ0) is 6.69. The molecule has 1 aromatic heterocycles. The van der Waals surface area contributed by atoms with Gasteiger partial charge in [-0.1, -0.05) is 5.21 Å². The molecule has 5 nitrogen and oxygen atoms in total. The van der Waals surface area contributed by atoms with Gasteiger partial charge in [-0.15, -0.1) is 10.2 Å². The number of H-pyrrole nitrogens is 1. The molecule has 50 valence electrons. The minimum Gasteiger partial charge on any atom is -0.310 e. The third kappa shape index (κ3) is 1.23. The van der Waals surface area contributed by atoms with Gasteiger partial charge in [0, 0.05) is 0 Å². The number of hydrogen-bond acceptors (Lipinski definition) is 4. The van der Waals surface area contributed by atoms with E-state index in [2.05, 4.69) is 25.9 Å². The highest BCUT2D eigenvalue weighted by Crippen LogP contribution is 1.99. The first-order valence-electron chi connectivity index (χ1n) is 2.75. The van der Waals surface area contributed by atoms with Gasteiger partial charge in [0.1, 0.15) is 0 Å². The minimum absolute atomic E-state index is 0.170. The third-order valence-corrected chi connectivity index (χ3v) is 1.18. The molecule has 0 spiro atoms. The molecule has 1 heterocycles. The van der Waals surface area contributed by atoms with Gasteiger partial charge in [-0.05, 0) is 14.0 Å². The Hall–Kier alpha value is -0.970. The van der Waals surface area contributed by atoms with Crippen LogP contribution in [0.15, 0.2) is 0 Å². The van der Waals surface area contributed by atoms with E-state index in [1.54, 1.807) is 0 Å². The van der Waals surface area contributed by atoms with Crippen LogP contribution in [0.4, 0.5) is 0 Å². The first-order valence-corrected chi connectivity index (χ1v) is 2.75. The standard InChI is InChI=1S/C4H9N5/c1-3(5-2)4-6-8-9-7-4/h3,5H,1-2H3,(H,6,7,8,9). The molecule has 0 bridgehead atoms. The van der Waals surface area contributed by atoms with Gasteiger partial charge in [0.25, 0.3) is 0 Å². The number of hydrogen-bond donors (Lipinski definition) is 2. The van der Waals surface area contributed by atoms with E-state index in [1.165, 1.54) is 0 Å². The summed E-state index contributed by atoms with van der Waals surface area (Å²) in [5.74, 6) is 0.692. The fraction of sp³-hybridized carbons (Fsp3) is 0.750. The Morgan fingerprint density at radius 3 is 2.89 bits per heavy atom. The van der Waals surface area contributed by atoms with Crippen molar-refractivity contribution in [3.63, 3.8) is 0 Å². The van der Waals surface area contributed by atoms with Crippen LogP contribution in [0.2, 0.25) is 0 Å². The summed E-state index contributed by atoms with van der Waals surface area (Å²) in [5.41, 5.74) is 0. The fourth-order valence-electron chi connectivity index (χ4n) is 0.482. The van der Waals surface area contributed by atoms with Crippen LogP contribution in [0.3, 0.4) is 0 Å². The molecule has 5 heteroatoms. The van der Waals surface area contributed by atoms with E-state index in [4.69, 9.17) is 0 Å². The molecule has 0 aliphatic rings. The smallest absolute Gasteiger partial charge is 0.191 e. The van der Waals surface area contributed by atoms with E-state index in [0.717, 1.165) is 0 Å². The second kappa shape index (κ2) is 2.54. The van der Waals surface area contributed by atoms with Gasteiger partial charge in [-0.25, -0.2) is 0 Å². The van der Waals surface area contributed by atoms with Crippen LogP contribution in [-0.4, -0.2) is 27.7 Å². The van der Waals surface area contributed by atoms with E-state index < -0.39 is 0 Å². The van der Waals surface area contributed by atoms with Crippen molar-refractivity contribution < 1.29 is 0 Å². The monoisotopic (exact) mass is 127 g/mol. The summed E-state index contributed by atoms with van der Waals surface area (Å²) >= 11 is 0. The predicted molar refractivity (Wildman–Crippen MR) is 31.7 cm³/mol. The molecule has 0 aromatic carbocycles. The molecule has 0 amide bonds. The molecule has 0 aliphatic heterocycles. The molecular formula is C4H9N5. The number of nitrogens with zero attached hydrogens (tertiary/aromatic N) is 3. The molecule has 0 saturated heterocycles. The molecule has 1 atom stereocenters. The topological polar surface area (TPSA) is 66.5 Å². The lowest BCUT2D eigenvalue weighted by atomic mass is 10.3. The lowest BCUT2D eigenvalue weighted by Crippen LogP contribution is -2.13. The molecule has 1 aromatic rings. The predicted octanol–water partition coefficient (Wildman–Crippen LogP) is -0.520. The Morgan fingerprint density at radius 1 is 1.67 bits per heavy atom. The van der Waals surface area contributed by atoms with Gasteiger partial charge in [-0.3, -0.25) is 0 Å². The van der Waals surface area contributed by atoms with Crippen molar-refractivity contribution in [2.24, 2.45) is 0 Å². The Kier molecular flexibility index (Phi) is 1.74. The normalized spacial score (nSPS) is 13.6. The van der Waals surface area contributed by atoms with E-state index in [9.17, 15) is 0 Å². The van der Waals surface area contributed by atoms with Crippen molar-refractivity contribution >= 4 is 0 Å². The summed E-state index contributed by atoms with van der Waals surface area (Å²) in [5, 5.41) is 16.3. The van der Waals surface area contributed by atoms with Crippen molar-refractivity contribution in [3.8, 4) is 0 Å². The van der Waals surface area contributed by atoms with E-state index in [0.29, 0.717) is 5.82 Å². The summed E-state index contributed by atoms with van der Waals surface area (Å²) in [7, 11) is 1.85. The van der Waals surface area contributed by atoms with E-state index >= 15 is 0 Å². The molecule has 9 heavy (non-hydrogen) atoms. The number of tetrazole rings is 1. The quantitative estimate of drug-likeness (QED) is 0.561. The molecule has 0 fully saturated rings. The van der Waals surface area contributed by atoms with Crippen molar-refractivity contribution in [1.29, 1.82) is 0 Å². The first kappa shape index (κ1) is 6.15. The Labute approximate surface area is 52.8 Å². The third-order valence-electron chi connectivity index (χ3n) is 1.18. The molecule has 1 unspecified atom stereocenters. The Morgan fingerprint density at radius 2 is 2.44 bits per heavy atom. The SMILES string of the molecule is CNC(C)c1nn[nH]n1. The highest BCUT2D eigenvalue weighted by Gasteiger charge is 2.04. The van der Waals surface area contributed by atoms with Gasteiger partial charge in [0.2, 0.25) is 0 Å². The van der Waals surface area contributed by atoms with Gasteiger partial charge < -0.3 is 5.32 Å². The zero-order valence-electron chi connectivity index (χ0n) is 5.42. The lowest BCUT2D eigenvalue weighted by molar-refractivity contribution is 0.611. The summed E-state index contributed by atoms with van der Waals surface area (Å²) in [4.78, 5) is 0. The zero-order valence-corrected chi connectivity index (χ0v) is 5.42. The van der Waals surface area contributed by atoms with Gasteiger partial charge in [0.15, 0.2) is 5.82 Å². The summed E-state index contributed by atoms with van der Waals surface area (Å²) in [6.45, 7) is 1.96. The van der Waals surface area contributed by atoms with Crippen LogP contribution < -0.4 is 5.32 Å². The molecule has 2 N–H and O–H groups in total. The number of nitrogens with one attached hydrogen (secondary N) is 2.